The van der Waals surface area contributed by atoms with Crippen molar-refractivity contribution in [2.45, 2.75) is 25.7 Å². The molecule has 0 saturated carbocycles. The van der Waals surface area contributed by atoms with Crippen molar-refractivity contribution in [1.82, 2.24) is 14.5 Å². The fraction of sp³-hybridized carbons (Fsp3) is 0.500. The van der Waals surface area contributed by atoms with Gasteiger partial charge in [0.15, 0.2) is 0 Å². The number of aryl methyl sites for hydroxylation is 1. The fourth-order valence-electron chi connectivity index (χ4n) is 2.14. The maximum atomic E-state index is 5.81. The lowest BCUT2D eigenvalue weighted by atomic mass is 10.0. The quantitative estimate of drug-likeness (QED) is 0.851. The van der Waals surface area contributed by atoms with Crippen LogP contribution in [0.2, 0.25) is 0 Å². The predicted octanol–water partition coefficient (Wildman–Crippen LogP) is 1.81. The number of pyridine rings is 1. The maximum absolute atomic E-state index is 5.81. The molecular weight excluding hydrogens is 200 g/mol. The molecule has 1 atom stereocenters. The second-order valence-electron chi connectivity index (χ2n) is 4.11. The van der Waals surface area contributed by atoms with Crippen molar-refractivity contribution >= 4 is 11.0 Å². The molecule has 0 fully saturated rings. The van der Waals surface area contributed by atoms with Gasteiger partial charge in [-0.1, -0.05) is 13.3 Å². The Labute approximate surface area is 95.5 Å². The standard InChI is InChI=1S/C12H18N4/c1-3-4-9(7-13)12-15-10-8-14-6-5-11(10)16(12)2/h5-6,8-9H,3-4,7,13H2,1-2H3. The number of hydrogen-bond acceptors (Lipinski definition) is 3. The van der Waals surface area contributed by atoms with E-state index in [1.807, 2.05) is 13.1 Å². The summed E-state index contributed by atoms with van der Waals surface area (Å²) in [5.74, 6) is 1.43. The van der Waals surface area contributed by atoms with E-state index in [0.717, 1.165) is 29.7 Å². The van der Waals surface area contributed by atoms with E-state index < -0.39 is 0 Å². The van der Waals surface area contributed by atoms with Crippen LogP contribution in [0.4, 0.5) is 0 Å². The van der Waals surface area contributed by atoms with Gasteiger partial charge in [-0.3, -0.25) is 4.98 Å². The summed E-state index contributed by atoms with van der Waals surface area (Å²) in [7, 11) is 2.04. The molecule has 0 aliphatic heterocycles. The van der Waals surface area contributed by atoms with Crippen molar-refractivity contribution in [2.24, 2.45) is 12.8 Å². The molecule has 0 aliphatic carbocycles. The minimum absolute atomic E-state index is 0.349. The highest BCUT2D eigenvalue weighted by atomic mass is 15.1. The first-order chi connectivity index (χ1) is 7.77. The van der Waals surface area contributed by atoms with Crippen LogP contribution >= 0.6 is 0 Å². The summed E-state index contributed by atoms with van der Waals surface area (Å²) >= 11 is 0. The summed E-state index contributed by atoms with van der Waals surface area (Å²) in [5.41, 5.74) is 7.89. The SMILES string of the molecule is CCCC(CN)c1nc2cnccc2n1C. The Hall–Kier alpha value is -1.42. The lowest BCUT2D eigenvalue weighted by molar-refractivity contribution is 0.572. The molecule has 4 heteroatoms. The van der Waals surface area contributed by atoms with Crippen molar-refractivity contribution in [3.8, 4) is 0 Å². The van der Waals surface area contributed by atoms with Gasteiger partial charge >= 0.3 is 0 Å². The molecule has 0 bridgehead atoms. The van der Waals surface area contributed by atoms with Gasteiger partial charge in [0.1, 0.15) is 11.3 Å². The van der Waals surface area contributed by atoms with E-state index in [-0.39, 0.29) is 0 Å². The maximum Gasteiger partial charge on any atom is 0.114 e. The van der Waals surface area contributed by atoms with Crippen LogP contribution < -0.4 is 5.73 Å². The van der Waals surface area contributed by atoms with Gasteiger partial charge in [0, 0.05) is 25.7 Å². The van der Waals surface area contributed by atoms with E-state index in [0.29, 0.717) is 12.5 Å². The van der Waals surface area contributed by atoms with Crippen LogP contribution in [0.1, 0.15) is 31.5 Å². The lowest BCUT2D eigenvalue weighted by Crippen LogP contribution is -2.16. The number of hydrogen-bond donors (Lipinski definition) is 1. The summed E-state index contributed by atoms with van der Waals surface area (Å²) in [6.07, 6.45) is 5.81. The third-order valence-electron chi connectivity index (χ3n) is 3.00. The molecule has 0 amide bonds. The molecule has 1 unspecified atom stereocenters. The molecule has 0 spiro atoms. The van der Waals surface area contributed by atoms with Crippen molar-refractivity contribution in [2.75, 3.05) is 6.54 Å². The molecule has 2 aromatic rings. The van der Waals surface area contributed by atoms with E-state index in [1.165, 1.54) is 0 Å². The molecule has 0 aliphatic rings. The van der Waals surface area contributed by atoms with Crippen molar-refractivity contribution in [3.63, 3.8) is 0 Å². The lowest BCUT2D eigenvalue weighted by Gasteiger charge is -2.13. The number of nitrogens with two attached hydrogens (primary N) is 1. The highest BCUT2D eigenvalue weighted by Gasteiger charge is 2.16. The van der Waals surface area contributed by atoms with Crippen LogP contribution in [-0.2, 0) is 7.05 Å². The first-order valence-corrected chi connectivity index (χ1v) is 5.74. The van der Waals surface area contributed by atoms with Crippen LogP contribution in [0.5, 0.6) is 0 Å². The van der Waals surface area contributed by atoms with Crippen LogP contribution in [0.15, 0.2) is 18.5 Å². The first kappa shape index (κ1) is 11.1. The molecular formula is C12H18N4. The second-order valence-corrected chi connectivity index (χ2v) is 4.11. The highest BCUT2D eigenvalue weighted by molar-refractivity contribution is 5.74. The Balaban J connectivity index is 2.47. The van der Waals surface area contributed by atoms with Crippen LogP contribution in [0.3, 0.4) is 0 Å². The van der Waals surface area contributed by atoms with E-state index >= 15 is 0 Å². The van der Waals surface area contributed by atoms with Gasteiger partial charge in [-0.15, -0.1) is 0 Å². The Morgan fingerprint density at radius 2 is 2.31 bits per heavy atom. The zero-order chi connectivity index (χ0) is 11.5. The number of imidazole rings is 1. The fourth-order valence-corrected chi connectivity index (χ4v) is 2.14. The van der Waals surface area contributed by atoms with E-state index in [9.17, 15) is 0 Å². The summed E-state index contributed by atoms with van der Waals surface area (Å²) in [6, 6.07) is 1.99. The van der Waals surface area contributed by atoms with Crippen molar-refractivity contribution < 1.29 is 0 Å². The molecule has 0 saturated heterocycles. The average molecular weight is 218 g/mol. The minimum atomic E-state index is 0.349. The number of fused-ring (bicyclic) bond motifs is 1. The van der Waals surface area contributed by atoms with Crippen LogP contribution in [-0.4, -0.2) is 21.1 Å². The first-order valence-electron chi connectivity index (χ1n) is 5.74. The summed E-state index contributed by atoms with van der Waals surface area (Å²) < 4.78 is 2.13. The minimum Gasteiger partial charge on any atom is -0.331 e. The molecule has 16 heavy (non-hydrogen) atoms. The molecule has 0 radical (unpaired) electrons. The van der Waals surface area contributed by atoms with Crippen LogP contribution in [0, 0.1) is 0 Å². The van der Waals surface area contributed by atoms with E-state index in [1.54, 1.807) is 12.4 Å². The van der Waals surface area contributed by atoms with Crippen molar-refractivity contribution in [3.05, 3.63) is 24.3 Å². The third-order valence-corrected chi connectivity index (χ3v) is 3.00. The topological polar surface area (TPSA) is 56.7 Å². The smallest absolute Gasteiger partial charge is 0.114 e. The monoisotopic (exact) mass is 218 g/mol. The highest BCUT2D eigenvalue weighted by Crippen LogP contribution is 2.22. The van der Waals surface area contributed by atoms with Gasteiger partial charge in [0.05, 0.1) is 11.7 Å². The molecule has 2 N–H and O–H groups in total. The largest absolute Gasteiger partial charge is 0.331 e. The zero-order valence-corrected chi connectivity index (χ0v) is 9.85. The average Bonchev–Trinajstić information content (AvgIpc) is 2.64. The van der Waals surface area contributed by atoms with Gasteiger partial charge in [-0.2, -0.15) is 0 Å². The van der Waals surface area contributed by atoms with Crippen LogP contribution in [0.25, 0.3) is 11.0 Å². The Morgan fingerprint density at radius 1 is 1.50 bits per heavy atom. The number of rotatable bonds is 4. The number of nitrogens with zero attached hydrogens (tertiary/aromatic N) is 3. The Bertz CT molecular complexity index is 475. The van der Waals surface area contributed by atoms with Gasteiger partial charge in [0.2, 0.25) is 0 Å². The predicted molar refractivity (Wildman–Crippen MR) is 65.2 cm³/mol. The number of aromatic nitrogens is 3. The van der Waals surface area contributed by atoms with Crippen molar-refractivity contribution in [1.29, 1.82) is 0 Å². The van der Waals surface area contributed by atoms with Gasteiger partial charge < -0.3 is 10.3 Å². The second kappa shape index (κ2) is 4.61. The third kappa shape index (κ3) is 1.80. The van der Waals surface area contributed by atoms with Gasteiger partial charge in [-0.05, 0) is 12.5 Å². The molecule has 4 nitrogen and oxygen atoms in total. The molecule has 0 aromatic carbocycles. The Kier molecular flexibility index (Phi) is 3.19. The van der Waals surface area contributed by atoms with E-state index in [2.05, 4.69) is 21.5 Å². The normalized spacial score (nSPS) is 13.2. The molecule has 2 rings (SSSR count). The molecule has 86 valence electrons. The molecule has 2 aromatic heterocycles. The van der Waals surface area contributed by atoms with Gasteiger partial charge in [0.25, 0.3) is 0 Å². The summed E-state index contributed by atoms with van der Waals surface area (Å²) in [4.78, 5) is 8.71. The molecule has 2 heterocycles. The van der Waals surface area contributed by atoms with E-state index in [4.69, 9.17) is 5.73 Å². The zero-order valence-electron chi connectivity index (χ0n) is 9.85. The Morgan fingerprint density at radius 3 is 2.94 bits per heavy atom. The van der Waals surface area contributed by atoms with Gasteiger partial charge in [-0.25, -0.2) is 4.98 Å². The summed E-state index contributed by atoms with van der Waals surface area (Å²) in [5, 5.41) is 0. The summed E-state index contributed by atoms with van der Waals surface area (Å²) in [6.45, 7) is 2.82.